The van der Waals surface area contributed by atoms with Gasteiger partial charge in [-0.1, -0.05) is 23.2 Å². The van der Waals surface area contributed by atoms with Crippen LogP contribution in [0.4, 0.5) is 0 Å². The van der Waals surface area contributed by atoms with Crippen LogP contribution in [0, 0.1) is 0 Å². The van der Waals surface area contributed by atoms with Gasteiger partial charge in [0.05, 0.1) is 16.1 Å². The number of halogens is 2. The van der Waals surface area contributed by atoms with E-state index in [2.05, 4.69) is 0 Å². The lowest BCUT2D eigenvalue weighted by molar-refractivity contribution is -0.146. The first-order valence-electron chi connectivity index (χ1n) is 5.08. The van der Waals surface area contributed by atoms with Gasteiger partial charge in [-0.3, -0.25) is 9.59 Å². The summed E-state index contributed by atoms with van der Waals surface area (Å²) in [6.07, 6.45) is -0.528. The molecule has 0 radical (unpaired) electrons. The van der Waals surface area contributed by atoms with Crippen molar-refractivity contribution in [3.05, 3.63) is 33.8 Å². The molecule has 0 aliphatic heterocycles. The van der Waals surface area contributed by atoms with Gasteiger partial charge in [-0.2, -0.15) is 0 Å². The van der Waals surface area contributed by atoms with Crippen molar-refractivity contribution in [1.82, 2.24) is 0 Å². The van der Waals surface area contributed by atoms with Crippen LogP contribution >= 0.6 is 23.2 Å². The lowest BCUT2D eigenvalue weighted by atomic mass is 10.1. The lowest BCUT2D eigenvalue weighted by Crippen LogP contribution is -2.15. The molecule has 0 aliphatic carbocycles. The summed E-state index contributed by atoms with van der Waals surface area (Å²) in [7, 11) is 0. The van der Waals surface area contributed by atoms with Gasteiger partial charge in [-0.05, 0) is 32.0 Å². The van der Waals surface area contributed by atoms with Gasteiger partial charge >= 0.3 is 5.97 Å². The molecule has 0 unspecified atom stereocenters. The molecule has 0 spiro atoms. The standard InChI is InChI=1S/C12H12Cl2O3/c1-7(2)17-12(16)6-11(15)8-3-4-9(13)10(14)5-8/h3-5,7H,6H2,1-2H3. The Bertz CT molecular complexity index is 441. The highest BCUT2D eigenvalue weighted by atomic mass is 35.5. The molecule has 1 rings (SSSR count). The van der Waals surface area contributed by atoms with E-state index in [1.807, 2.05) is 0 Å². The van der Waals surface area contributed by atoms with Crippen LogP contribution in [0.5, 0.6) is 0 Å². The molecule has 17 heavy (non-hydrogen) atoms. The highest BCUT2D eigenvalue weighted by Crippen LogP contribution is 2.23. The summed E-state index contributed by atoms with van der Waals surface area (Å²) in [5.41, 5.74) is 0.347. The predicted octanol–water partition coefficient (Wildman–Crippen LogP) is 3.52. The molecule has 0 saturated carbocycles. The minimum atomic E-state index is -0.545. The van der Waals surface area contributed by atoms with Crippen molar-refractivity contribution < 1.29 is 14.3 Å². The van der Waals surface area contributed by atoms with E-state index in [9.17, 15) is 9.59 Å². The molecule has 0 bridgehead atoms. The normalized spacial score (nSPS) is 10.4. The smallest absolute Gasteiger partial charge is 0.313 e. The number of rotatable bonds is 4. The molecule has 3 nitrogen and oxygen atoms in total. The Hall–Kier alpha value is -1.06. The van der Waals surface area contributed by atoms with Crippen molar-refractivity contribution in [3.63, 3.8) is 0 Å². The molecule has 0 aliphatic rings. The number of Topliss-reactive ketones (excluding diaryl/α,β-unsaturated/α-hetero) is 1. The Kier molecular flexibility index (Phi) is 4.97. The average molecular weight is 275 g/mol. The number of benzene rings is 1. The molecule has 5 heteroatoms. The Morgan fingerprint density at radius 1 is 1.24 bits per heavy atom. The second-order valence-corrected chi connectivity index (χ2v) is 4.58. The Balaban J connectivity index is 2.70. The van der Waals surface area contributed by atoms with Crippen LogP contribution in [0.2, 0.25) is 10.0 Å². The summed E-state index contributed by atoms with van der Waals surface area (Å²) in [5.74, 6) is -0.884. The molecule has 0 fully saturated rings. The largest absolute Gasteiger partial charge is 0.463 e. The van der Waals surface area contributed by atoms with E-state index in [0.717, 1.165) is 0 Å². The second-order valence-electron chi connectivity index (χ2n) is 3.77. The van der Waals surface area contributed by atoms with Crippen molar-refractivity contribution in [2.45, 2.75) is 26.4 Å². The SMILES string of the molecule is CC(C)OC(=O)CC(=O)c1ccc(Cl)c(Cl)c1. The molecule has 92 valence electrons. The topological polar surface area (TPSA) is 43.4 Å². The maximum Gasteiger partial charge on any atom is 0.313 e. The molecule has 1 aromatic carbocycles. The van der Waals surface area contributed by atoms with Crippen molar-refractivity contribution in [2.75, 3.05) is 0 Å². The molecule has 0 heterocycles. The van der Waals surface area contributed by atoms with Gasteiger partial charge in [-0.15, -0.1) is 0 Å². The summed E-state index contributed by atoms with van der Waals surface area (Å²) in [6.45, 7) is 3.45. The predicted molar refractivity (Wildman–Crippen MR) is 66.6 cm³/mol. The van der Waals surface area contributed by atoms with Crippen LogP contribution in [-0.4, -0.2) is 17.9 Å². The van der Waals surface area contributed by atoms with Crippen LogP contribution in [0.25, 0.3) is 0 Å². The fourth-order valence-electron chi connectivity index (χ4n) is 1.21. The highest BCUT2D eigenvalue weighted by molar-refractivity contribution is 6.42. The molecule has 0 saturated heterocycles. The van der Waals surface area contributed by atoms with Gasteiger partial charge in [0.2, 0.25) is 0 Å². The molecule has 1 aromatic rings. The summed E-state index contributed by atoms with van der Waals surface area (Å²) in [5, 5.41) is 0.655. The van der Waals surface area contributed by atoms with Crippen LogP contribution in [-0.2, 0) is 9.53 Å². The fraction of sp³-hybridized carbons (Fsp3) is 0.333. The van der Waals surface area contributed by atoms with Crippen LogP contribution in [0.1, 0.15) is 30.6 Å². The number of ether oxygens (including phenoxy) is 1. The van der Waals surface area contributed by atoms with E-state index in [1.54, 1.807) is 13.8 Å². The number of ketones is 1. The summed E-state index contributed by atoms with van der Waals surface area (Å²) >= 11 is 11.5. The summed E-state index contributed by atoms with van der Waals surface area (Å²) in [4.78, 5) is 23.0. The molecule has 0 N–H and O–H groups in total. The van der Waals surface area contributed by atoms with E-state index in [-0.39, 0.29) is 23.3 Å². The van der Waals surface area contributed by atoms with E-state index in [0.29, 0.717) is 10.6 Å². The van der Waals surface area contributed by atoms with Crippen molar-refractivity contribution in [2.24, 2.45) is 0 Å². The van der Waals surface area contributed by atoms with Crippen LogP contribution in [0.3, 0.4) is 0 Å². The van der Waals surface area contributed by atoms with Gasteiger partial charge in [-0.25, -0.2) is 0 Å². The molecular formula is C12H12Cl2O3. The third-order valence-electron chi connectivity index (χ3n) is 1.91. The Morgan fingerprint density at radius 2 is 1.88 bits per heavy atom. The van der Waals surface area contributed by atoms with Gasteiger partial charge in [0.25, 0.3) is 0 Å². The van der Waals surface area contributed by atoms with Gasteiger partial charge < -0.3 is 4.74 Å². The maximum absolute atomic E-state index is 11.7. The minimum absolute atomic E-state index is 0.232. The third kappa shape index (κ3) is 4.36. The number of carbonyl (C=O) groups excluding carboxylic acids is 2. The number of carbonyl (C=O) groups is 2. The van der Waals surface area contributed by atoms with E-state index >= 15 is 0 Å². The van der Waals surface area contributed by atoms with Gasteiger partial charge in [0, 0.05) is 5.56 Å². The number of hydrogen-bond donors (Lipinski definition) is 0. The molecular weight excluding hydrogens is 263 g/mol. The number of hydrogen-bond acceptors (Lipinski definition) is 3. The van der Waals surface area contributed by atoms with Crippen molar-refractivity contribution in [3.8, 4) is 0 Å². The zero-order valence-electron chi connectivity index (χ0n) is 9.50. The van der Waals surface area contributed by atoms with Crippen LogP contribution < -0.4 is 0 Å². The lowest BCUT2D eigenvalue weighted by Gasteiger charge is -2.07. The third-order valence-corrected chi connectivity index (χ3v) is 2.65. The summed E-state index contributed by atoms with van der Waals surface area (Å²) < 4.78 is 4.88. The first-order valence-corrected chi connectivity index (χ1v) is 5.83. The highest BCUT2D eigenvalue weighted by Gasteiger charge is 2.14. The first kappa shape index (κ1) is 14.0. The zero-order valence-corrected chi connectivity index (χ0v) is 11.0. The summed E-state index contributed by atoms with van der Waals surface area (Å²) in [6, 6.07) is 4.49. The van der Waals surface area contributed by atoms with Gasteiger partial charge in [0.1, 0.15) is 6.42 Å². The minimum Gasteiger partial charge on any atom is -0.463 e. The molecule has 0 aromatic heterocycles. The van der Waals surface area contributed by atoms with Crippen molar-refractivity contribution >= 4 is 35.0 Å². The average Bonchev–Trinajstić information content (AvgIpc) is 2.20. The molecule has 0 amide bonds. The second kappa shape index (κ2) is 6.03. The Morgan fingerprint density at radius 3 is 2.41 bits per heavy atom. The monoisotopic (exact) mass is 274 g/mol. The van der Waals surface area contributed by atoms with Crippen LogP contribution in [0.15, 0.2) is 18.2 Å². The first-order chi connectivity index (χ1) is 7.90. The van der Waals surface area contributed by atoms with E-state index in [4.69, 9.17) is 27.9 Å². The molecule has 0 atom stereocenters. The van der Waals surface area contributed by atoms with Gasteiger partial charge in [0.15, 0.2) is 5.78 Å². The maximum atomic E-state index is 11.7. The Labute approximate surface area is 110 Å². The van der Waals surface area contributed by atoms with E-state index in [1.165, 1.54) is 18.2 Å². The zero-order chi connectivity index (χ0) is 13.0. The quantitative estimate of drug-likeness (QED) is 0.479. The van der Waals surface area contributed by atoms with E-state index < -0.39 is 5.97 Å². The van der Waals surface area contributed by atoms with Crippen molar-refractivity contribution in [1.29, 1.82) is 0 Å². The number of esters is 1. The fourth-order valence-corrected chi connectivity index (χ4v) is 1.51.